The Morgan fingerprint density at radius 3 is 2.71 bits per heavy atom. The smallest absolute Gasteiger partial charge is 0.216 e. The van der Waals surface area contributed by atoms with Crippen molar-refractivity contribution in [1.82, 2.24) is 25.4 Å². The van der Waals surface area contributed by atoms with Crippen LogP contribution in [0.25, 0.3) is 11.6 Å². The fourth-order valence-corrected chi connectivity index (χ4v) is 2.75. The second-order valence-electron chi connectivity index (χ2n) is 7.01. The molecule has 1 aliphatic rings. The first kappa shape index (κ1) is 18.8. The van der Waals surface area contributed by atoms with Crippen LogP contribution in [0.3, 0.4) is 0 Å². The van der Waals surface area contributed by atoms with Crippen LogP contribution >= 0.6 is 24.0 Å². The summed E-state index contributed by atoms with van der Waals surface area (Å²) in [5.74, 6) is 2.84. The topological polar surface area (TPSA) is 82.3 Å². The lowest BCUT2D eigenvalue weighted by Crippen LogP contribution is -2.72. The number of rotatable bonds is 3. The predicted octanol–water partition coefficient (Wildman–Crippen LogP) is 2.88. The van der Waals surface area contributed by atoms with Crippen molar-refractivity contribution < 1.29 is 4.42 Å². The lowest BCUT2D eigenvalue weighted by atomic mass is 9.65. The number of furan rings is 1. The molecule has 7 nitrogen and oxygen atoms in total. The number of likely N-dealkylation sites (tertiary alicyclic amines) is 1. The van der Waals surface area contributed by atoms with Gasteiger partial charge in [-0.1, -0.05) is 13.8 Å². The highest BCUT2D eigenvalue weighted by Gasteiger charge is 2.53. The van der Waals surface area contributed by atoms with Gasteiger partial charge in [-0.3, -0.25) is 10.1 Å². The average molecular weight is 444 g/mol. The van der Waals surface area contributed by atoms with E-state index in [2.05, 4.69) is 58.1 Å². The van der Waals surface area contributed by atoms with Crippen LogP contribution < -0.4 is 5.32 Å². The molecule has 2 N–H and O–H groups in total. The molecular weight excluding hydrogens is 419 g/mol. The molecule has 1 aliphatic heterocycles. The summed E-state index contributed by atoms with van der Waals surface area (Å²) in [5.41, 5.74) is 0.332. The zero-order valence-electron chi connectivity index (χ0n) is 14.8. The summed E-state index contributed by atoms with van der Waals surface area (Å²) in [4.78, 5) is 11.1. The lowest BCUT2D eigenvalue weighted by molar-refractivity contribution is -0.0668. The number of nitrogens with zero attached hydrogens (tertiary/aromatic N) is 4. The molecule has 2 aromatic rings. The summed E-state index contributed by atoms with van der Waals surface area (Å²) in [6.45, 7) is 10.6. The Hall–Kier alpha value is -1.58. The molecule has 0 bridgehead atoms. The van der Waals surface area contributed by atoms with Crippen LogP contribution in [0.5, 0.6) is 0 Å². The molecule has 1 saturated heterocycles. The Kier molecular flexibility index (Phi) is 5.26. The normalized spacial score (nSPS) is 18.7. The predicted molar refractivity (Wildman–Crippen MR) is 104 cm³/mol. The molecular formula is C16H25IN6O. The van der Waals surface area contributed by atoms with E-state index in [4.69, 9.17) is 4.42 Å². The van der Waals surface area contributed by atoms with E-state index in [0.717, 1.165) is 18.3 Å². The minimum absolute atomic E-state index is 0. The standard InChI is InChI=1S/C16H24N6O.HI/c1-15(2)10-22(16(15,3)4)14(17-5)18-9-12-19-13(21-20-12)11-7-6-8-23-11;/h6-8H,9-10H2,1-5H3,(H,17,18)(H,19,20,21);1H. The molecule has 8 heteroatoms. The third kappa shape index (κ3) is 3.15. The van der Waals surface area contributed by atoms with Gasteiger partial charge in [-0.2, -0.15) is 0 Å². The lowest BCUT2D eigenvalue weighted by Gasteiger charge is -2.62. The fourth-order valence-electron chi connectivity index (χ4n) is 2.75. The molecule has 0 spiro atoms. The first-order valence-electron chi connectivity index (χ1n) is 7.78. The van der Waals surface area contributed by atoms with Gasteiger partial charge in [0.05, 0.1) is 12.8 Å². The van der Waals surface area contributed by atoms with Gasteiger partial charge in [-0.25, -0.2) is 4.98 Å². The molecule has 0 unspecified atom stereocenters. The van der Waals surface area contributed by atoms with Crippen LogP contribution in [0.1, 0.15) is 33.5 Å². The number of aromatic amines is 1. The van der Waals surface area contributed by atoms with Gasteiger partial charge in [0.25, 0.3) is 0 Å². The summed E-state index contributed by atoms with van der Waals surface area (Å²) in [7, 11) is 1.80. The summed E-state index contributed by atoms with van der Waals surface area (Å²) < 4.78 is 5.30. The minimum atomic E-state index is 0. The highest BCUT2D eigenvalue weighted by atomic mass is 127. The first-order chi connectivity index (χ1) is 10.8. The van der Waals surface area contributed by atoms with E-state index in [0.29, 0.717) is 18.1 Å². The average Bonchev–Trinajstić information content (AvgIpc) is 3.17. The third-order valence-corrected chi connectivity index (χ3v) is 5.04. The van der Waals surface area contributed by atoms with Gasteiger partial charge in [0.2, 0.25) is 5.82 Å². The van der Waals surface area contributed by atoms with Crippen LogP contribution in [-0.4, -0.2) is 45.2 Å². The number of aliphatic imine (C=N–C) groups is 1. The molecule has 24 heavy (non-hydrogen) atoms. The summed E-state index contributed by atoms with van der Waals surface area (Å²) in [5, 5.41) is 10.4. The second-order valence-corrected chi connectivity index (χ2v) is 7.01. The van der Waals surface area contributed by atoms with Crippen molar-refractivity contribution in [3.05, 3.63) is 24.2 Å². The molecule has 0 radical (unpaired) electrons. The van der Waals surface area contributed by atoms with Crippen molar-refractivity contribution in [2.45, 2.75) is 39.8 Å². The molecule has 0 saturated carbocycles. The van der Waals surface area contributed by atoms with Crippen molar-refractivity contribution in [1.29, 1.82) is 0 Å². The van der Waals surface area contributed by atoms with Gasteiger partial charge in [0.15, 0.2) is 11.7 Å². The van der Waals surface area contributed by atoms with Gasteiger partial charge in [0.1, 0.15) is 5.82 Å². The molecule has 0 aromatic carbocycles. The number of hydrogen-bond donors (Lipinski definition) is 2. The van der Waals surface area contributed by atoms with E-state index in [-0.39, 0.29) is 34.9 Å². The Morgan fingerprint density at radius 2 is 2.17 bits per heavy atom. The highest BCUT2D eigenvalue weighted by Crippen LogP contribution is 2.46. The molecule has 0 aliphatic carbocycles. The second kappa shape index (κ2) is 6.73. The Morgan fingerprint density at radius 1 is 1.42 bits per heavy atom. The van der Waals surface area contributed by atoms with E-state index >= 15 is 0 Å². The molecule has 1 fully saturated rings. The van der Waals surface area contributed by atoms with Crippen LogP contribution in [0.15, 0.2) is 27.8 Å². The summed E-state index contributed by atoms with van der Waals surface area (Å²) in [6, 6.07) is 3.66. The maximum atomic E-state index is 5.30. The van der Waals surface area contributed by atoms with Crippen molar-refractivity contribution in [2.24, 2.45) is 10.4 Å². The number of halogens is 1. The number of hydrogen-bond acceptors (Lipinski definition) is 4. The van der Waals surface area contributed by atoms with Gasteiger partial charge in [-0.15, -0.1) is 29.1 Å². The number of aromatic nitrogens is 3. The van der Waals surface area contributed by atoms with Crippen molar-refractivity contribution in [3.63, 3.8) is 0 Å². The largest absolute Gasteiger partial charge is 0.461 e. The van der Waals surface area contributed by atoms with Gasteiger partial charge in [0, 0.05) is 24.5 Å². The number of guanidine groups is 1. The van der Waals surface area contributed by atoms with Crippen LogP contribution in [0.2, 0.25) is 0 Å². The van der Waals surface area contributed by atoms with E-state index in [1.165, 1.54) is 0 Å². The Balaban J connectivity index is 0.00000208. The summed E-state index contributed by atoms with van der Waals surface area (Å²) >= 11 is 0. The molecule has 2 aromatic heterocycles. The monoisotopic (exact) mass is 444 g/mol. The molecule has 3 heterocycles. The molecule has 132 valence electrons. The molecule has 0 atom stereocenters. The summed E-state index contributed by atoms with van der Waals surface area (Å²) in [6.07, 6.45) is 1.61. The molecule has 0 amide bonds. The Labute approximate surface area is 159 Å². The first-order valence-corrected chi connectivity index (χ1v) is 7.78. The van der Waals surface area contributed by atoms with E-state index in [1.54, 1.807) is 13.3 Å². The molecule has 3 rings (SSSR count). The quantitative estimate of drug-likeness (QED) is 0.432. The van der Waals surface area contributed by atoms with Crippen molar-refractivity contribution in [3.8, 4) is 11.6 Å². The number of nitrogens with one attached hydrogen (secondary N) is 2. The fraction of sp³-hybridized carbons (Fsp3) is 0.562. The van der Waals surface area contributed by atoms with Crippen molar-refractivity contribution >= 4 is 29.9 Å². The van der Waals surface area contributed by atoms with E-state index in [9.17, 15) is 0 Å². The zero-order chi connectivity index (χ0) is 16.7. The highest BCUT2D eigenvalue weighted by molar-refractivity contribution is 14.0. The third-order valence-electron chi connectivity index (χ3n) is 5.04. The van der Waals surface area contributed by atoms with Gasteiger partial charge in [-0.05, 0) is 26.0 Å². The van der Waals surface area contributed by atoms with Crippen LogP contribution in [0, 0.1) is 5.41 Å². The maximum Gasteiger partial charge on any atom is 0.216 e. The Bertz CT molecular complexity index is 704. The SMILES string of the molecule is CN=C(NCc1nc(-c2ccco2)n[nH]1)N1CC(C)(C)C1(C)C.I. The van der Waals surface area contributed by atoms with E-state index in [1.807, 2.05) is 12.1 Å². The van der Waals surface area contributed by atoms with Gasteiger partial charge < -0.3 is 14.6 Å². The van der Waals surface area contributed by atoms with Crippen LogP contribution in [-0.2, 0) is 6.54 Å². The van der Waals surface area contributed by atoms with Crippen molar-refractivity contribution in [2.75, 3.05) is 13.6 Å². The van der Waals surface area contributed by atoms with Crippen LogP contribution in [0.4, 0.5) is 0 Å². The van der Waals surface area contributed by atoms with E-state index < -0.39 is 0 Å². The minimum Gasteiger partial charge on any atom is -0.461 e. The van der Waals surface area contributed by atoms with Gasteiger partial charge >= 0.3 is 0 Å². The zero-order valence-corrected chi connectivity index (χ0v) is 17.1. The maximum absolute atomic E-state index is 5.30. The number of H-pyrrole nitrogens is 1.